The topological polar surface area (TPSA) is 61.2 Å². The first-order valence-electron chi connectivity index (χ1n) is 6.07. The molecule has 1 saturated heterocycles. The number of rotatable bonds is 2. The quantitative estimate of drug-likeness (QED) is 0.765. The van der Waals surface area contributed by atoms with E-state index in [-0.39, 0.29) is 12.1 Å². The summed E-state index contributed by atoms with van der Waals surface area (Å²) in [6, 6.07) is 7.04. The summed E-state index contributed by atoms with van der Waals surface area (Å²) in [6.45, 7) is 1.99. The van der Waals surface area contributed by atoms with Crippen LogP contribution in [0.15, 0.2) is 24.3 Å². The molecule has 1 aliphatic rings. The van der Waals surface area contributed by atoms with Gasteiger partial charge in [-0.2, -0.15) is 5.26 Å². The van der Waals surface area contributed by atoms with E-state index in [1.165, 1.54) is 24.3 Å². The van der Waals surface area contributed by atoms with Crippen LogP contribution in [0.4, 0.5) is 4.39 Å². The second kappa shape index (κ2) is 4.81. The number of nitriles is 1. The second-order valence-electron chi connectivity index (χ2n) is 4.57. The van der Waals surface area contributed by atoms with Crippen molar-refractivity contribution in [2.24, 2.45) is 5.41 Å². The molecule has 0 aliphatic carbocycles. The number of hydrogen-bond acceptors (Lipinski definition) is 3. The van der Waals surface area contributed by atoms with Crippen molar-refractivity contribution in [1.82, 2.24) is 4.90 Å². The first kappa shape index (κ1) is 13.2. The number of nitrogens with zero attached hydrogens (tertiary/aromatic N) is 2. The molecule has 2 amide bonds. The van der Waals surface area contributed by atoms with E-state index in [0.717, 1.165) is 4.90 Å². The van der Waals surface area contributed by atoms with Crippen LogP contribution in [0.5, 0.6) is 0 Å². The van der Waals surface area contributed by atoms with Crippen LogP contribution in [0.2, 0.25) is 0 Å². The van der Waals surface area contributed by atoms with Gasteiger partial charge in [-0.1, -0.05) is 6.92 Å². The van der Waals surface area contributed by atoms with Gasteiger partial charge in [0.1, 0.15) is 11.2 Å². The molecule has 1 atom stereocenters. The Balaban J connectivity index is 2.25. The van der Waals surface area contributed by atoms with E-state index in [0.29, 0.717) is 12.8 Å². The summed E-state index contributed by atoms with van der Waals surface area (Å²) < 4.78 is 12.8. The highest BCUT2D eigenvalue weighted by atomic mass is 19.1. The maximum atomic E-state index is 12.8. The van der Waals surface area contributed by atoms with E-state index in [9.17, 15) is 14.0 Å². The van der Waals surface area contributed by atoms with Crippen LogP contribution in [0.1, 0.15) is 30.1 Å². The lowest BCUT2D eigenvalue weighted by Gasteiger charge is -2.18. The van der Waals surface area contributed by atoms with Gasteiger partial charge in [-0.15, -0.1) is 0 Å². The minimum atomic E-state index is -1.09. The van der Waals surface area contributed by atoms with Crippen LogP contribution in [-0.2, 0) is 4.79 Å². The average Bonchev–Trinajstić information content (AvgIpc) is 2.76. The normalized spacial score (nSPS) is 22.4. The highest BCUT2D eigenvalue weighted by Crippen LogP contribution is 2.35. The van der Waals surface area contributed by atoms with Gasteiger partial charge in [-0.25, -0.2) is 4.39 Å². The molecule has 1 aliphatic heterocycles. The van der Waals surface area contributed by atoms with Crippen molar-refractivity contribution in [3.63, 3.8) is 0 Å². The summed E-state index contributed by atoms with van der Waals surface area (Å²) in [4.78, 5) is 25.4. The number of likely N-dealkylation sites (tertiary alicyclic amines) is 1. The summed E-state index contributed by atoms with van der Waals surface area (Å²) in [7, 11) is 0. The predicted molar refractivity (Wildman–Crippen MR) is 65.4 cm³/mol. The van der Waals surface area contributed by atoms with E-state index < -0.39 is 23.0 Å². The average molecular weight is 260 g/mol. The van der Waals surface area contributed by atoms with Crippen LogP contribution in [-0.4, -0.2) is 23.3 Å². The van der Waals surface area contributed by atoms with Gasteiger partial charge in [-0.05, 0) is 37.1 Å². The Kier molecular flexibility index (Phi) is 3.34. The Labute approximate surface area is 110 Å². The van der Waals surface area contributed by atoms with Gasteiger partial charge in [0.15, 0.2) is 0 Å². The van der Waals surface area contributed by atoms with Crippen molar-refractivity contribution >= 4 is 11.8 Å². The molecule has 2 rings (SSSR count). The lowest BCUT2D eigenvalue weighted by molar-refractivity contribution is -0.131. The fourth-order valence-corrected chi connectivity index (χ4v) is 2.22. The fraction of sp³-hybridized carbons (Fsp3) is 0.357. The summed E-state index contributed by atoms with van der Waals surface area (Å²) in [5.74, 6) is -1.37. The zero-order valence-corrected chi connectivity index (χ0v) is 10.5. The van der Waals surface area contributed by atoms with Crippen molar-refractivity contribution in [3.8, 4) is 6.07 Å². The molecule has 0 aromatic heterocycles. The number of amides is 2. The Hall–Kier alpha value is -2.22. The molecule has 1 aromatic carbocycles. The number of imide groups is 1. The highest BCUT2D eigenvalue weighted by Gasteiger charge is 2.48. The smallest absolute Gasteiger partial charge is 0.260 e. The van der Waals surface area contributed by atoms with Crippen molar-refractivity contribution < 1.29 is 14.0 Å². The molecule has 1 aromatic rings. The van der Waals surface area contributed by atoms with E-state index in [1.807, 2.05) is 6.07 Å². The lowest BCUT2D eigenvalue weighted by atomic mass is 9.85. The SMILES string of the molecule is CC[C@@]1(C#N)CCN(C(=O)c2ccc(F)cc2)C1=O. The summed E-state index contributed by atoms with van der Waals surface area (Å²) in [6.07, 6.45) is 0.737. The third-order valence-electron chi connectivity index (χ3n) is 3.57. The number of carbonyl (C=O) groups excluding carboxylic acids is 2. The molecule has 0 saturated carbocycles. The number of carbonyl (C=O) groups is 2. The van der Waals surface area contributed by atoms with Gasteiger partial charge in [-0.3, -0.25) is 14.5 Å². The number of hydrogen-bond donors (Lipinski definition) is 0. The van der Waals surface area contributed by atoms with E-state index in [1.54, 1.807) is 6.92 Å². The maximum Gasteiger partial charge on any atom is 0.260 e. The fourth-order valence-electron chi connectivity index (χ4n) is 2.22. The highest BCUT2D eigenvalue weighted by molar-refractivity contribution is 6.08. The molecule has 1 heterocycles. The van der Waals surface area contributed by atoms with Gasteiger partial charge in [0.25, 0.3) is 5.91 Å². The van der Waals surface area contributed by atoms with Crippen LogP contribution in [0, 0.1) is 22.6 Å². The van der Waals surface area contributed by atoms with Crippen molar-refractivity contribution in [2.75, 3.05) is 6.54 Å². The van der Waals surface area contributed by atoms with Crippen molar-refractivity contribution in [3.05, 3.63) is 35.6 Å². The Bertz CT molecular complexity index is 562. The molecule has 98 valence electrons. The van der Waals surface area contributed by atoms with Crippen molar-refractivity contribution in [1.29, 1.82) is 5.26 Å². The molecule has 1 fully saturated rings. The van der Waals surface area contributed by atoms with Gasteiger partial charge < -0.3 is 0 Å². The monoisotopic (exact) mass is 260 g/mol. The Morgan fingerprint density at radius 1 is 1.47 bits per heavy atom. The molecular formula is C14H13FN2O2. The van der Waals surface area contributed by atoms with Gasteiger partial charge in [0.05, 0.1) is 6.07 Å². The first-order valence-corrected chi connectivity index (χ1v) is 6.07. The molecule has 0 unspecified atom stereocenters. The molecule has 19 heavy (non-hydrogen) atoms. The standard InChI is InChI=1S/C14H13FN2O2/c1-2-14(9-16)7-8-17(13(14)19)12(18)10-3-5-11(15)6-4-10/h3-6H,2,7-8H2,1H3/t14-/m0/s1. The first-order chi connectivity index (χ1) is 9.04. The number of benzene rings is 1. The van der Waals surface area contributed by atoms with Gasteiger partial charge in [0, 0.05) is 12.1 Å². The molecule has 0 N–H and O–H groups in total. The zero-order chi connectivity index (χ0) is 14.0. The molecule has 0 bridgehead atoms. The molecule has 4 nitrogen and oxygen atoms in total. The maximum absolute atomic E-state index is 12.8. The van der Waals surface area contributed by atoms with Crippen LogP contribution >= 0.6 is 0 Å². The Morgan fingerprint density at radius 3 is 2.58 bits per heavy atom. The van der Waals surface area contributed by atoms with Crippen molar-refractivity contribution in [2.45, 2.75) is 19.8 Å². The molecular weight excluding hydrogens is 247 g/mol. The van der Waals surface area contributed by atoms with E-state index in [4.69, 9.17) is 5.26 Å². The lowest BCUT2D eigenvalue weighted by Crippen LogP contribution is -2.37. The largest absolute Gasteiger partial charge is 0.277 e. The third-order valence-corrected chi connectivity index (χ3v) is 3.57. The summed E-state index contributed by atoms with van der Waals surface area (Å²) in [5.41, 5.74) is -0.838. The van der Waals surface area contributed by atoms with Crippen LogP contribution in [0.25, 0.3) is 0 Å². The van der Waals surface area contributed by atoms with E-state index in [2.05, 4.69) is 0 Å². The molecule has 0 radical (unpaired) electrons. The van der Waals surface area contributed by atoms with E-state index >= 15 is 0 Å². The second-order valence-corrected chi connectivity index (χ2v) is 4.57. The third kappa shape index (κ3) is 2.10. The van der Waals surface area contributed by atoms with Crippen LogP contribution < -0.4 is 0 Å². The molecule has 0 spiro atoms. The number of halogens is 1. The molecule has 5 heteroatoms. The summed E-state index contributed by atoms with van der Waals surface area (Å²) in [5, 5.41) is 9.14. The minimum Gasteiger partial charge on any atom is -0.277 e. The predicted octanol–water partition coefficient (Wildman–Crippen LogP) is 2.12. The zero-order valence-electron chi connectivity index (χ0n) is 10.5. The van der Waals surface area contributed by atoms with Gasteiger partial charge in [0.2, 0.25) is 5.91 Å². The summed E-state index contributed by atoms with van der Waals surface area (Å²) >= 11 is 0. The minimum absolute atomic E-state index is 0.233. The van der Waals surface area contributed by atoms with Crippen LogP contribution in [0.3, 0.4) is 0 Å². The van der Waals surface area contributed by atoms with Gasteiger partial charge >= 0.3 is 0 Å². The Morgan fingerprint density at radius 2 is 2.11 bits per heavy atom.